The van der Waals surface area contributed by atoms with E-state index >= 15 is 0 Å². The Morgan fingerprint density at radius 1 is 1.41 bits per heavy atom. The first-order chi connectivity index (χ1) is 8.18. The number of benzene rings is 1. The first-order valence-corrected chi connectivity index (χ1v) is 6.28. The number of rotatable bonds is 2. The highest BCUT2D eigenvalue weighted by atomic mass is 16.2. The molecule has 0 aromatic heterocycles. The lowest BCUT2D eigenvalue weighted by Crippen LogP contribution is -2.43. The van der Waals surface area contributed by atoms with Gasteiger partial charge in [0.2, 0.25) is 5.91 Å². The molecule has 2 unspecified atom stereocenters. The van der Waals surface area contributed by atoms with Crippen LogP contribution in [-0.4, -0.2) is 23.9 Å². The van der Waals surface area contributed by atoms with E-state index in [2.05, 4.69) is 6.92 Å². The van der Waals surface area contributed by atoms with Crippen molar-refractivity contribution in [2.45, 2.75) is 25.8 Å². The molecule has 1 aromatic rings. The number of carbonyl (C=O) groups is 1. The van der Waals surface area contributed by atoms with Crippen molar-refractivity contribution in [2.24, 2.45) is 11.7 Å². The van der Waals surface area contributed by atoms with Crippen molar-refractivity contribution in [3.63, 3.8) is 0 Å². The third kappa shape index (κ3) is 2.86. The Kier molecular flexibility index (Phi) is 3.79. The van der Waals surface area contributed by atoms with E-state index in [9.17, 15) is 4.79 Å². The summed E-state index contributed by atoms with van der Waals surface area (Å²) in [6.07, 6.45) is 2.30. The summed E-state index contributed by atoms with van der Waals surface area (Å²) in [5.41, 5.74) is 6.92. The van der Waals surface area contributed by atoms with Crippen molar-refractivity contribution in [1.29, 1.82) is 0 Å². The molecule has 2 rings (SSSR count). The van der Waals surface area contributed by atoms with Gasteiger partial charge in [-0.05, 0) is 24.3 Å². The van der Waals surface area contributed by atoms with Crippen molar-refractivity contribution in [1.82, 2.24) is 4.90 Å². The highest BCUT2D eigenvalue weighted by molar-refractivity contribution is 5.83. The van der Waals surface area contributed by atoms with Crippen LogP contribution in [0.4, 0.5) is 0 Å². The maximum Gasteiger partial charge on any atom is 0.244 e. The van der Waals surface area contributed by atoms with Crippen LogP contribution in [0.25, 0.3) is 0 Å². The first kappa shape index (κ1) is 12.1. The van der Waals surface area contributed by atoms with Gasteiger partial charge in [-0.2, -0.15) is 0 Å². The van der Waals surface area contributed by atoms with Gasteiger partial charge in [-0.3, -0.25) is 4.79 Å². The van der Waals surface area contributed by atoms with Crippen molar-refractivity contribution >= 4 is 5.91 Å². The molecule has 0 spiro atoms. The van der Waals surface area contributed by atoms with Gasteiger partial charge in [0.15, 0.2) is 0 Å². The van der Waals surface area contributed by atoms with Crippen LogP contribution in [0.2, 0.25) is 0 Å². The van der Waals surface area contributed by atoms with Gasteiger partial charge in [0.05, 0.1) is 0 Å². The van der Waals surface area contributed by atoms with E-state index < -0.39 is 6.04 Å². The summed E-state index contributed by atoms with van der Waals surface area (Å²) in [5.74, 6) is 0.651. The summed E-state index contributed by atoms with van der Waals surface area (Å²) in [6.45, 7) is 3.89. The quantitative estimate of drug-likeness (QED) is 0.847. The Labute approximate surface area is 103 Å². The number of nitrogens with two attached hydrogens (primary N) is 1. The monoisotopic (exact) mass is 232 g/mol. The van der Waals surface area contributed by atoms with E-state index in [0.29, 0.717) is 5.92 Å². The minimum absolute atomic E-state index is 0.0581. The van der Waals surface area contributed by atoms with Gasteiger partial charge in [0, 0.05) is 13.1 Å². The Morgan fingerprint density at radius 3 is 2.76 bits per heavy atom. The Morgan fingerprint density at radius 2 is 2.12 bits per heavy atom. The van der Waals surface area contributed by atoms with E-state index in [1.54, 1.807) is 0 Å². The first-order valence-electron chi connectivity index (χ1n) is 6.28. The molecule has 0 saturated carbocycles. The predicted molar refractivity (Wildman–Crippen MR) is 68.3 cm³/mol. The average molecular weight is 232 g/mol. The fourth-order valence-electron chi connectivity index (χ4n) is 2.39. The van der Waals surface area contributed by atoms with Gasteiger partial charge in [-0.1, -0.05) is 37.3 Å². The minimum atomic E-state index is -0.513. The molecule has 1 aromatic carbocycles. The zero-order valence-electron chi connectivity index (χ0n) is 10.3. The summed E-state index contributed by atoms with van der Waals surface area (Å²) in [5, 5.41) is 0. The fourth-order valence-corrected chi connectivity index (χ4v) is 2.39. The maximum absolute atomic E-state index is 12.2. The van der Waals surface area contributed by atoms with E-state index in [-0.39, 0.29) is 5.91 Å². The van der Waals surface area contributed by atoms with E-state index in [0.717, 1.165) is 25.1 Å². The summed E-state index contributed by atoms with van der Waals surface area (Å²) >= 11 is 0. The molecule has 1 aliphatic heterocycles. The number of piperidine rings is 1. The second kappa shape index (κ2) is 5.32. The van der Waals surface area contributed by atoms with Crippen LogP contribution in [0.15, 0.2) is 30.3 Å². The molecular weight excluding hydrogens is 212 g/mol. The number of hydrogen-bond acceptors (Lipinski definition) is 2. The molecule has 3 nitrogen and oxygen atoms in total. The number of amides is 1. The molecule has 1 amide bonds. The van der Waals surface area contributed by atoms with Gasteiger partial charge >= 0.3 is 0 Å². The van der Waals surface area contributed by atoms with Gasteiger partial charge in [-0.15, -0.1) is 0 Å². The van der Waals surface area contributed by atoms with Crippen LogP contribution >= 0.6 is 0 Å². The van der Waals surface area contributed by atoms with E-state index in [1.807, 2.05) is 35.2 Å². The van der Waals surface area contributed by atoms with Crippen LogP contribution < -0.4 is 5.73 Å². The average Bonchev–Trinajstić information content (AvgIpc) is 2.38. The lowest BCUT2D eigenvalue weighted by Gasteiger charge is -2.32. The van der Waals surface area contributed by atoms with Crippen LogP contribution in [0.3, 0.4) is 0 Å². The highest BCUT2D eigenvalue weighted by Crippen LogP contribution is 2.19. The van der Waals surface area contributed by atoms with Gasteiger partial charge in [0.1, 0.15) is 6.04 Å². The molecule has 17 heavy (non-hydrogen) atoms. The Hall–Kier alpha value is -1.35. The normalized spacial score (nSPS) is 22.2. The summed E-state index contributed by atoms with van der Waals surface area (Å²) < 4.78 is 0. The van der Waals surface area contributed by atoms with Gasteiger partial charge in [0.25, 0.3) is 0 Å². The van der Waals surface area contributed by atoms with Crippen molar-refractivity contribution in [3.8, 4) is 0 Å². The molecule has 3 heteroatoms. The third-order valence-corrected chi connectivity index (χ3v) is 3.39. The molecule has 2 atom stereocenters. The largest absolute Gasteiger partial charge is 0.341 e. The summed E-state index contributed by atoms with van der Waals surface area (Å²) in [6, 6.07) is 9.08. The van der Waals surface area contributed by atoms with Crippen molar-refractivity contribution in [2.75, 3.05) is 13.1 Å². The van der Waals surface area contributed by atoms with E-state index in [4.69, 9.17) is 5.73 Å². The van der Waals surface area contributed by atoms with Gasteiger partial charge < -0.3 is 10.6 Å². The smallest absolute Gasteiger partial charge is 0.244 e. The minimum Gasteiger partial charge on any atom is -0.341 e. The fraction of sp³-hybridized carbons (Fsp3) is 0.500. The van der Waals surface area contributed by atoms with Crippen LogP contribution in [0.1, 0.15) is 31.4 Å². The molecule has 0 aliphatic carbocycles. The number of carbonyl (C=O) groups excluding carboxylic acids is 1. The molecule has 0 bridgehead atoms. The van der Waals surface area contributed by atoms with E-state index in [1.165, 1.54) is 6.42 Å². The highest BCUT2D eigenvalue weighted by Gasteiger charge is 2.25. The van der Waals surface area contributed by atoms with Crippen LogP contribution in [0.5, 0.6) is 0 Å². The predicted octanol–water partition coefficient (Wildman–Crippen LogP) is 1.94. The number of nitrogens with zero attached hydrogens (tertiary/aromatic N) is 1. The molecule has 92 valence electrons. The molecular formula is C14H20N2O. The summed E-state index contributed by atoms with van der Waals surface area (Å²) in [4.78, 5) is 14.2. The topological polar surface area (TPSA) is 46.3 Å². The standard InChI is InChI=1S/C14H20N2O/c1-11-6-5-9-16(10-11)14(17)13(15)12-7-3-2-4-8-12/h2-4,7-8,11,13H,5-6,9-10,15H2,1H3. The number of likely N-dealkylation sites (tertiary alicyclic amines) is 1. The SMILES string of the molecule is CC1CCCN(C(=O)C(N)c2ccccc2)C1. The molecule has 1 aliphatic rings. The maximum atomic E-state index is 12.2. The molecule has 0 radical (unpaired) electrons. The Balaban J connectivity index is 2.04. The second-order valence-electron chi connectivity index (χ2n) is 4.92. The number of hydrogen-bond donors (Lipinski definition) is 1. The Bertz CT molecular complexity index is 377. The zero-order valence-corrected chi connectivity index (χ0v) is 10.3. The molecule has 2 N–H and O–H groups in total. The lowest BCUT2D eigenvalue weighted by molar-refractivity contribution is -0.134. The third-order valence-electron chi connectivity index (χ3n) is 3.39. The molecule has 1 fully saturated rings. The van der Waals surface area contributed by atoms with Crippen LogP contribution in [-0.2, 0) is 4.79 Å². The van der Waals surface area contributed by atoms with Gasteiger partial charge in [-0.25, -0.2) is 0 Å². The van der Waals surface area contributed by atoms with Crippen LogP contribution in [0, 0.1) is 5.92 Å². The zero-order chi connectivity index (χ0) is 12.3. The summed E-state index contributed by atoms with van der Waals surface area (Å²) in [7, 11) is 0. The molecule has 1 saturated heterocycles. The molecule has 1 heterocycles. The van der Waals surface area contributed by atoms with Crippen molar-refractivity contribution in [3.05, 3.63) is 35.9 Å². The second-order valence-corrected chi connectivity index (χ2v) is 4.92. The lowest BCUT2D eigenvalue weighted by atomic mass is 9.98. The van der Waals surface area contributed by atoms with Crippen molar-refractivity contribution < 1.29 is 4.79 Å².